The molecule has 5 nitrogen and oxygen atoms in total. The van der Waals surface area contributed by atoms with Crippen LogP contribution in [0, 0.1) is 6.92 Å². The van der Waals surface area contributed by atoms with Crippen molar-refractivity contribution in [1.82, 2.24) is 9.88 Å². The molecule has 1 aromatic heterocycles. The highest BCUT2D eigenvalue weighted by Crippen LogP contribution is 2.21. The number of aliphatic carboxylic acids is 1. The van der Waals surface area contributed by atoms with E-state index in [2.05, 4.69) is 4.98 Å². The fraction of sp³-hybridized carbons (Fsp3) is 0.444. The topological polar surface area (TPSA) is 70.5 Å². The van der Waals surface area contributed by atoms with E-state index in [0.29, 0.717) is 18.7 Å². The van der Waals surface area contributed by atoms with Crippen molar-refractivity contribution in [2.45, 2.75) is 19.4 Å². The fourth-order valence-corrected chi connectivity index (χ4v) is 2.08. The van der Waals surface area contributed by atoms with Gasteiger partial charge in [0.1, 0.15) is 11.7 Å². The standard InChI is InChI=1S/C9H10N2O3S/c1-5-10-6(4-15-5)8(12)11-3-2-7(11)9(13)14/h4,7H,2-3H2,1H3,(H,13,14). The first kappa shape index (κ1) is 10.1. The second kappa shape index (κ2) is 3.62. The number of carboxylic acids is 1. The molecule has 1 aliphatic rings. The van der Waals surface area contributed by atoms with Crippen LogP contribution >= 0.6 is 11.3 Å². The van der Waals surface area contributed by atoms with E-state index in [0.717, 1.165) is 5.01 Å². The zero-order valence-electron chi connectivity index (χ0n) is 8.14. The Labute approximate surface area is 90.4 Å². The van der Waals surface area contributed by atoms with Crippen LogP contribution in [0.15, 0.2) is 5.38 Å². The van der Waals surface area contributed by atoms with Crippen molar-refractivity contribution in [2.75, 3.05) is 6.54 Å². The van der Waals surface area contributed by atoms with Crippen LogP contribution in [0.1, 0.15) is 21.9 Å². The third-order valence-electron chi connectivity index (χ3n) is 2.40. The molecular weight excluding hydrogens is 216 g/mol. The van der Waals surface area contributed by atoms with E-state index < -0.39 is 12.0 Å². The highest BCUT2D eigenvalue weighted by atomic mass is 32.1. The predicted octanol–water partition coefficient (Wildman–Crippen LogP) is 0.751. The molecule has 80 valence electrons. The number of nitrogens with zero attached hydrogens (tertiary/aromatic N) is 2. The van der Waals surface area contributed by atoms with Gasteiger partial charge in [-0.3, -0.25) is 4.79 Å². The van der Waals surface area contributed by atoms with Crippen molar-refractivity contribution < 1.29 is 14.7 Å². The molecule has 1 amide bonds. The molecule has 1 fully saturated rings. The van der Waals surface area contributed by atoms with Crippen LogP contribution in [-0.4, -0.2) is 39.5 Å². The first-order chi connectivity index (χ1) is 7.09. The zero-order chi connectivity index (χ0) is 11.0. The summed E-state index contributed by atoms with van der Waals surface area (Å²) in [4.78, 5) is 27.9. The molecule has 0 bridgehead atoms. The summed E-state index contributed by atoms with van der Waals surface area (Å²) in [6.07, 6.45) is 0.532. The van der Waals surface area contributed by atoms with E-state index in [-0.39, 0.29) is 5.91 Å². The van der Waals surface area contributed by atoms with Crippen LogP contribution in [0.2, 0.25) is 0 Å². The minimum absolute atomic E-state index is 0.280. The van der Waals surface area contributed by atoms with Crippen LogP contribution < -0.4 is 0 Å². The van der Waals surface area contributed by atoms with Crippen LogP contribution in [0.25, 0.3) is 0 Å². The highest BCUT2D eigenvalue weighted by molar-refractivity contribution is 7.09. The van der Waals surface area contributed by atoms with Gasteiger partial charge >= 0.3 is 5.97 Å². The number of likely N-dealkylation sites (tertiary alicyclic amines) is 1. The molecule has 2 rings (SSSR count). The Morgan fingerprint density at radius 2 is 2.40 bits per heavy atom. The number of hydrogen-bond acceptors (Lipinski definition) is 4. The summed E-state index contributed by atoms with van der Waals surface area (Å²) in [6, 6.07) is -0.667. The van der Waals surface area contributed by atoms with Crippen LogP contribution in [-0.2, 0) is 4.79 Å². The first-order valence-electron chi connectivity index (χ1n) is 4.55. The van der Waals surface area contributed by atoms with Gasteiger partial charge in [0.25, 0.3) is 5.91 Å². The van der Waals surface area contributed by atoms with Gasteiger partial charge in [0.2, 0.25) is 0 Å². The van der Waals surface area contributed by atoms with Crippen LogP contribution in [0.5, 0.6) is 0 Å². The summed E-state index contributed by atoms with van der Waals surface area (Å²) < 4.78 is 0. The largest absolute Gasteiger partial charge is 0.480 e. The summed E-state index contributed by atoms with van der Waals surface area (Å²) in [5.74, 6) is -1.22. The normalized spacial score (nSPS) is 19.8. The molecule has 0 spiro atoms. The lowest BCUT2D eigenvalue weighted by molar-refractivity contribution is -0.146. The molecule has 2 heterocycles. The summed E-state index contributed by atoms with van der Waals surface area (Å²) in [5.41, 5.74) is 0.350. The van der Waals surface area contributed by atoms with Crippen LogP contribution in [0.3, 0.4) is 0 Å². The van der Waals surface area contributed by atoms with E-state index in [1.54, 1.807) is 5.38 Å². The number of thiazole rings is 1. The molecule has 1 N–H and O–H groups in total. The van der Waals surface area contributed by atoms with Crippen molar-refractivity contribution in [3.63, 3.8) is 0 Å². The van der Waals surface area contributed by atoms with E-state index >= 15 is 0 Å². The molecule has 1 unspecified atom stereocenters. The number of carboxylic acid groups (broad SMARTS) is 1. The maximum absolute atomic E-state index is 11.8. The minimum atomic E-state index is -0.943. The summed E-state index contributed by atoms with van der Waals surface area (Å²) >= 11 is 1.39. The van der Waals surface area contributed by atoms with Crippen molar-refractivity contribution in [2.24, 2.45) is 0 Å². The SMILES string of the molecule is Cc1nc(C(=O)N2CCC2C(=O)O)cs1. The lowest BCUT2D eigenvalue weighted by Gasteiger charge is -2.37. The van der Waals surface area contributed by atoms with Crippen molar-refractivity contribution in [1.29, 1.82) is 0 Å². The second-order valence-corrected chi connectivity index (χ2v) is 4.46. The molecule has 1 atom stereocenters. The van der Waals surface area contributed by atoms with Gasteiger partial charge in [-0.05, 0) is 13.3 Å². The van der Waals surface area contributed by atoms with Crippen molar-refractivity contribution in [3.8, 4) is 0 Å². The number of rotatable bonds is 2. The van der Waals surface area contributed by atoms with Gasteiger partial charge in [-0.1, -0.05) is 0 Å². The zero-order valence-corrected chi connectivity index (χ0v) is 8.95. The lowest BCUT2D eigenvalue weighted by atomic mass is 10.0. The van der Waals surface area contributed by atoms with Gasteiger partial charge in [-0.25, -0.2) is 9.78 Å². The number of amides is 1. The smallest absolute Gasteiger partial charge is 0.326 e. The molecular formula is C9H10N2O3S. The van der Waals surface area contributed by atoms with E-state index in [9.17, 15) is 9.59 Å². The minimum Gasteiger partial charge on any atom is -0.480 e. The predicted molar refractivity (Wildman–Crippen MR) is 53.9 cm³/mol. The Hall–Kier alpha value is -1.43. The van der Waals surface area contributed by atoms with Crippen molar-refractivity contribution >= 4 is 23.2 Å². The lowest BCUT2D eigenvalue weighted by Crippen LogP contribution is -2.55. The van der Waals surface area contributed by atoms with Gasteiger partial charge in [0, 0.05) is 11.9 Å². The third-order valence-corrected chi connectivity index (χ3v) is 3.18. The third kappa shape index (κ3) is 1.72. The van der Waals surface area contributed by atoms with Gasteiger partial charge in [0.05, 0.1) is 5.01 Å². The number of carbonyl (C=O) groups is 2. The fourth-order valence-electron chi connectivity index (χ4n) is 1.50. The molecule has 1 aromatic rings. The molecule has 0 saturated carbocycles. The molecule has 0 aliphatic carbocycles. The molecule has 0 aromatic carbocycles. The number of aryl methyl sites for hydroxylation is 1. The average molecular weight is 226 g/mol. The van der Waals surface area contributed by atoms with Gasteiger partial charge < -0.3 is 10.0 Å². The monoisotopic (exact) mass is 226 g/mol. The van der Waals surface area contributed by atoms with E-state index in [1.807, 2.05) is 6.92 Å². The van der Waals surface area contributed by atoms with Gasteiger partial charge in [0.15, 0.2) is 0 Å². The Morgan fingerprint density at radius 1 is 1.67 bits per heavy atom. The van der Waals surface area contributed by atoms with E-state index in [4.69, 9.17) is 5.11 Å². The summed E-state index contributed by atoms with van der Waals surface area (Å²) in [7, 11) is 0. The first-order valence-corrected chi connectivity index (χ1v) is 5.43. The number of carbonyl (C=O) groups excluding carboxylic acids is 1. The summed E-state index contributed by atoms with van der Waals surface area (Å²) in [5, 5.41) is 11.3. The van der Waals surface area contributed by atoms with Crippen LogP contribution in [0.4, 0.5) is 0 Å². The number of aromatic nitrogens is 1. The molecule has 1 aliphatic heterocycles. The molecule has 1 saturated heterocycles. The Balaban J connectivity index is 2.12. The molecule has 15 heavy (non-hydrogen) atoms. The van der Waals surface area contributed by atoms with E-state index in [1.165, 1.54) is 16.2 Å². The highest BCUT2D eigenvalue weighted by Gasteiger charge is 2.38. The van der Waals surface area contributed by atoms with Gasteiger partial charge in [-0.15, -0.1) is 11.3 Å². The second-order valence-electron chi connectivity index (χ2n) is 3.39. The molecule has 0 radical (unpaired) electrons. The summed E-state index contributed by atoms with van der Waals surface area (Å²) in [6.45, 7) is 2.32. The number of hydrogen-bond donors (Lipinski definition) is 1. The van der Waals surface area contributed by atoms with Gasteiger partial charge in [-0.2, -0.15) is 0 Å². The maximum Gasteiger partial charge on any atom is 0.326 e. The Morgan fingerprint density at radius 3 is 2.80 bits per heavy atom. The molecule has 6 heteroatoms. The Bertz CT molecular complexity index is 415. The van der Waals surface area contributed by atoms with Crippen molar-refractivity contribution in [3.05, 3.63) is 16.1 Å². The maximum atomic E-state index is 11.8. The average Bonchev–Trinajstić information content (AvgIpc) is 2.48. The quantitative estimate of drug-likeness (QED) is 0.807. The Kier molecular flexibility index (Phi) is 2.44.